The number of nitrogens with zero attached hydrogens (tertiary/aromatic N) is 2. The van der Waals surface area contributed by atoms with Gasteiger partial charge in [0, 0.05) is 23.0 Å². The maximum Gasteiger partial charge on any atom is 0.259 e. The molecule has 8 rings (SSSR count). The van der Waals surface area contributed by atoms with E-state index in [0.29, 0.717) is 0 Å². The Kier molecular flexibility index (Phi) is 3.99. The molecule has 5 aromatic carbocycles. The summed E-state index contributed by atoms with van der Waals surface area (Å²) in [6.45, 7) is 0. The molecule has 0 spiro atoms. The van der Waals surface area contributed by atoms with Gasteiger partial charge in [-0.05, 0) is 56.2 Å². The summed E-state index contributed by atoms with van der Waals surface area (Å²) in [6.07, 6.45) is 1.92. The molecule has 2 aliphatic rings. The third-order valence-corrected chi connectivity index (χ3v) is 12.6. The quantitative estimate of drug-likeness (QED) is 0.272. The molecule has 2 nitrogen and oxygen atoms in total. The van der Waals surface area contributed by atoms with Crippen molar-refractivity contribution in [1.82, 2.24) is 4.98 Å². The topological polar surface area (TPSA) is 16.1 Å². The third kappa shape index (κ3) is 2.43. The van der Waals surface area contributed by atoms with Crippen LogP contribution in [0.3, 0.4) is 0 Å². The summed E-state index contributed by atoms with van der Waals surface area (Å²) in [5.41, 5.74) is 7.40. The molecule has 168 valence electrons. The van der Waals surface area contributed by atoms with Gasteiger partial charge in [0.25, 0.3) is 8.24 Å². The molecule has 36 heavy (non-hydrogen) atoms. The maximum absolute atomic E-state index is 4.94. The van der Waals surface area contributed by atoms with Crippen molar-refractivity contribution in [2.24, 2.45) is 0 Å². The average Bonchev–Trinajstić information content (AvgIpc) is 2.96. The Balaban J connectivity index is 1.65. The van der Waals surface area contributed by atoms with Crippen LogP contribution in [-0.4, -0.2) is 13.2 Å². The van der Waals surface area contributed by atoms with Crippen LogP contribution in [0.1, 0.15) is 0 Å². The monoisotopic (exact) mass is 474 g/mol. The fraction of sp³-hybridized carbons (Fsp3) is 0. The van der Waals surface area contributed by atoms with Gasteiger partial charge in [-0.2, -0.15) is 0 Å². The van der Waals surface area contributed by atoms with Gasteiger partial charge >= 0.3 is 0 Å². The Hall–Kier alpha value is -4.47. The van der Waals surface area contributed by atoms with Gasteiger partial charge in [0.15, 0.2) is 0 Å². The van der Waals surface area contributed by atoms with Crippen LogP contribution in [0.15, 0.2) is 134 Å². The average molecular weight is 475 g/mol. The Morgan fingerprint density at radius 3 is 2.03 bits per heavy atom. The van der Waals surface area contributed by atoms with E-state index in [1.54, 1.807) is 0 Å². The predicted molar refractivity (Wildman–Crippen MR) is 152 cm³/mol. The lowest BCUT2D eigenvalue weighted by atomic mass is 9.98. The Labute approximate surface area is 211 Å². The molecular formula is C33H22N2Si. The van der Waals surface area contributed by atoms with Gasteiger partial charge in [-0.1, -0.05) is 103 Å². The summed E-state index contributed by atoms with van der Waals surface area (Å²) >= 11 is 0. The lowest BCUT2D eigenvalue weighted by Crippen LogP contribution is -2.79. The fourth-order valence-electron chi connectivity index (χ4n) is 6.45. The fourth-order valence-corrected chi connectivity index (χ4v) is 11.8. The molecule has 0 bridgehead atoms. The molecule has 3 heteroatoms. The highest BCUT2D eigenvalue weighted by Gasteiger charge is 2.55. The first-order valence-corrected chi connectivity index (χ1v) is 14.4. The van der Waals surface area contributed by atoms with Crippen molar-refractivity contribution in [1.29, 1.82) is 0 Å². The molecule has 0 radical (unpaired) electrons. The molecule has 0 saturated heterocycles. The minimum absolute atomic E-state index is 1.06. The number of hydrogen-bond acceptors (Lipinski definition) is 2. The van der Waals surface area contributed by atoms with Gasteiger partial charge in [0.1, 0.15) is 0 Å². The molecule has 1 unspecified atom stereocenters. The third-order valence-electron chi connectivity index (χ3n) is 7.84. The molecular weight excluding hydrogens is 452 g/mol. The van der Waals surface area contributed by atoms with Crippen LogP contribution in [0.2, 0.25) is 0 Å². The molecule has 1 aromatic heterocycles. The molecule has 0 saturated carbocycles. The summed E-state index contributed by atoms with van der Waals surface area (Å²) in [5, 5.41) is 6.79. The first kappa shape index (κ1) is 19.8. The molecule has 0 fully saturated rings. The summed E-state index contributed by atoms with van der Waals surface area (Å²) in [4.78, 5) is 4.94. The van der Waals surface area contributed by atoms with E-state index in [0.717, 1.165) is 5.69 Å². The normalized spacial score (nSPS) is 16.9. The molecule has 2 aliphatic heterocycles. The van der Waals surface area contributed by atoms with E-state index in [1.165, 1.54) is 54.4 Å². The van der Waals surface area contributed by atoms with E-state index >= 15 is 0 Å². The summed E-state index contributed by atoms with van der Waals surface area (Å²) < 4.78 is 2.68. The summed E-state index contributed by atoms with van der Waals surface area (Å²) in [5.74, 6) is 0. The second kappa shape index (κ2) is 7.26. The minimum atomic E-state index is -2.74. The molecule has 6 aromatic rings. The highest BCUT2D eigenvalue weighted by molar-refractivity contribution is 7.16. The zero-order valence-electron chi connectivity index (χ0n) is 19.6. The Morgan fingerprint density at radius 1 is 0.500 bits per heavy atom. The number of aromatic nitrogens is 1. The van der Waals surface area contributed by atoms with Gasteiger partial charge in [-0.15, -0.1) is 0 Å². The predicted octanol–water partition coefficient (Wildman–Crippen LogP) is 6.00. The van der Waals surface area contributed by atoms with Gasteiger partial charge < -0.3 is 4.57 Å². The van der Waals surface area contributed by atoms with Gasteiger partial charge in [0.2, 0.25) is 0 Å². The zero-order chi connectivity index (χ0) is 23.7. The molecule has 3 heterocycles. The lowest BCUT2D eigenvalue weighted by molar-refractivity contribution is 1.25. The van der Waals surface area contributed by atoms with E-state index in [1.807, 2.05) is 6.20 Å². The number of anilines is 2. The second-order valence-electron chi connectivity index (χ2n) is 9.59. The number of rotatable bonds is 1. The number of para-hydroxylation sites is 1. The van der Waals surface area contributed by atoms with E-state index in [-0.39, 0.29) is 0 Å². The highest BCUT2D eigenvalue weighted by Crippen LogP contribution is 2.48. The lowest BCUT2D eigenvalue weighted by Gasteiger charge is -2.52. The minimum Gasteiger partial charge on any atom is -0.354 e. The maximum atomic E-state index is 4.94. The van der Waals surface area contributed by atoms with Crippen LogP contribution < -0.4 is 20.1 Å². The van der Waals surface area contributed by atoms with Crippen molar-refractivity contribution in [3.05, 3.63) is 134 Å². The van der Waals surface area contributed by atoms with Crippen LogP contribution in [0.4, 0.5) is 11.4 Å². The smallest absolute Gasteiger partial charge is 0.259 e. The number of fused-ring (bicyclic) bond motifs is 12. The van der Waals surface area contributed by atoms with E-state index < -0.39 is 8.24 Å². The molecule has 0 N–H and O–H groups in total. The largest absolute Gasteiger partial charge is 0.354 e. The van der Waals surface area contributed by atoms with E-state index in [4.69, 9.17) is 4.98 Å². The Bertz CT molecular complexity index is 1810. The summed E-state index contributed by atoms with van der Waals surface area (Å²) in [6, 6.07) is 47.1. The van der Waals surface area contributed by atoms with Crippen LogP contribution in [0.5, 0.6) is 0 Å². The van der Waals surface area contributed by atoms with Crippen molar-refractivity contribution in [3.63, 3.8) is 0 Å². The Morgan fingerprint density at radius 2 is 1.17 bits per heavy atom. The number of benzene rings is 5. The number of hydrogen-bond donors (Lipinski definition) is 0. The van der Waals surface area contributed by atoms with Crippen molar-refractivity contribution in [2.75, 3.05) is 4.57 Å². The van der Waals surface area contributed by atoms with Crippen LogP contribution >= 0.6 is 0 Å². The van der Waals surface area contributed by atoms with Crippen molar-refractivity contribution < 1.29 is 0 Å². The van der Waals surface area contributed by atoms with Crippen molar-refractivity contribution in [2.45, 2.75) is 0 Å². The first-order chi connectivity index (χ1) is 17.9. The molecule has 0 amide bonds. The number of pyridine rings is 1. The van der Waals surface area contributed by atoms with Gasteiger partial charge in [-0.3, -0.25) is 4.98 Å². The second-order valence-corrected chi connectivity index (χ2v) is 13.1. The summed E-state index contributed by atoms with van der Waals surface area (Å²) in [7, 11) is -2.74. The molecule has 1 atom stereocenters. The van der Waals surface area contributed by atoms with Gasteiger partial charge in [-0.25, -0.2) is 0 Å². The van der Waals surface area contributed by atoms with E-state index in [9.17, 15) is 0 Å². The van der Waals surface area contributed by atoms with Crippen LogP contribution in [0, 0.1) is 0 Å². The highest BCUT2D eigenvalue weighted by atomic mass is 28.3. The molecule has 0 aliphatic carbocycles. The SMILES string of the molecule is c1ccc([Si]23c4cc5ccccc5cc4-c4ccccc4N2c2cccnc2-c2ccccc23)cc1. The van der Waals surface area contributed by atoms with Crippen LogP contribution in [0.25, 0.3) is 33.2 Å². The first-order valence-electron chi connectivity index (χ1n) is 12.4. The van der Waals surface area contributed by atoms with Crippen molar-refractivity contribution >= 4 is 45.9 Å². The zero-order valence-corrected chi connectivity index (χ0v) is 20.6. The van der Waals surface area contributed by atoms with E-state index in [2.05, 4.69) is 132 Å². The van der Waals surface area contributed by atoms with Crippen molar-refractivity contribution in [3.8, 4) is 22.4 Å². The van der Waals surface area contributed by atoms with Crippen LogP contribution in [-0.2, 0) is 0 Å². The van der Waals surface area contributed by atoms with Gasteiger partial charge in [0.05, 0.1) is 11.4 Å². The standard InChI is InChI=1S/C33H22N2Si/c1-2-13-25(14-3-1)36-31-19-9-7-16-27(31)33-30(18-10-20-34-33)35(36)29-17-8-6-15-26(29)28-21-23-11-4-5-12-24(23)22-32(28)36/h1-22H.